The zero-order chi connectivity index (χ0) is 8.20. The summed E-state index contributed by atoms with van der Waals surface area (Å²) in [7, 11) is -1.56. The van der Waals surface area contributed by atoms with Gasteiger partial charge in [0.1, 0.15) is 0 Å². The van der Waals surface area contributed by atoms with Crippen molar-refractivity contribution in [2.75, 3.05) is 5.50 Å². The van der Waals surface area contributed by atoms with E-state index in [9.17, 15) is 0 Å². The Morgan fingerprint density at radius 1 is 1.60 bits per heavy atom. The molecule has 0 bridgehead atoms. The highest BCUT2D eigenvalue weighted by Crippen LogP contribution is 2.11. The first-order chi connectivity index (χ1) is 4.52. The van der Waals surface area contributed by atoms with E-state index in [2.05, 4.69) is 13.1 Å². The van der Waals surface area contributed by atoms with Gasteiger partial charge in [-0.1, -0.05) is 6.08 Å². The molecule has 0 spiro atoms. The highest BCUT2D eigenvalue weighted by atomic mass is 35.5. The standard InChI is InChI=1S/C7H15ClOSi/c1-5-7(2)9-10(3,4)6-8/h5H,6H2,1-4H3/b7-5+. The Hall–Kier alpha value is 0.0469. The van der Waals surface area contributed by atoms with E-state index in [0.717, 1.165) is 5.76 Å². The Morgan fingerprint density at radius 2 is 2.10 bits per heavy atom. The van der Waals surface area contributed by atoms with Crippen molar-refractivity contribution in [3.05, 3.63) is 11.8 Å². The van der Waals surface area contributed by atoms with E-state index in [1.54, 1.807) is 0 Å². The van der Waals surface area contributed by atoms with Crippen molar-refractivity contribution in [3.8, 4) is 0 Å². The molecule has 0 heterocycles. The minimum absolute atomic E-state index is 0.651. The lowest BCUT2D eigenvalue weighted by Gasteiger charge is -2.21. The van der Waals surface area contributed by atoms with Gasteiger partial charge in [-0.05, 0) is 26.9 Å². The molecule has 0 radical (unpaired) electrons. The Labute approximate surface area is 69.2 Å². The van der Waals surface area contributed by atoms with Gasteiger partial charge in [-0.3, -0.25) is 0 Å². The van der Waals surface area contributed by atoms with E-state index in [4.69, 9.17) is 16.0 Å². The van der Waals surface area contributed by atoms with Gasteiger partial charge in [0.05, 0.1) is 11.3 Å². The monoisotopic (exact) mass is 178 g/mol. The Kier molecular flexibility index (Phi) is 4.06. The Morgan fingerprint density at radius 3 is 2.40 bits per heavy atom. The van der Waals surface area contributed by atoms with E-state index < -0.39 is 8.32 Å². The summed E-state index contributed by atoms with van der Waals surface area (Å²) in [4.78, 5) is 0. The third-order valence-corrected chi connectivity index (χ3v) is 4.61. The molecule has 1 nitrogen and oxygen atoms in total. The number of hydrogen-bond acceptors (Lipinski definition) is 1. The van der Waals surface area contributed by atoms with Crippen LogP contribution in [0.5, 0.6) is 0 Å². The molecule has 0 aliphatic heterocycles. The van der Waals surface area contributed by atoms with Gasteiger partial charge >= 0.3 is 0 Å². The summed E-state index contributed by atoms with van der Waals surface area (Å²) >= 11 is 5.70. The number of allylic oxidation sites excluding steroid dienone is 2. The molecule has 0 saturated heterocycles. The minimum Gasteiger partial charge on any atom is -0.546 e. The minimum atomic E-state index is -1.56. The zero-order valence-electron chi connectivity index (χ0n) is 7.07. The van der Waals surface area contributed by atoms with Crippen molar-refractivity contribution in [3.63, 3.8) is 0 Å². The predicted molar refractivity (Wildman–Crippen MR) is 48.7 cm³/mol. The number of rotatable bonds is 3. The second kappa shape index (κ2) is 4.04. The van der Waals surface area contributed by atoms with Crippen LogP contribution in [0.25, 0.3) is 0 Å². The van der Waals surface area contributed by atoms with Crippen LogP contribution in [0.4, 0.5) is 0 Å². The van der Waals surface area contributed by atoms with Crippen LogP contribution in [0, 0.1) is 0 Å². The van der Waals surface area contributed by atoms with Crippen molar-refractivity contribution in [1.29, 1.82) is 0 Å². The number of alkyl halides is 1. The van der Waals surface area contributed by atoms with E-state index in [1.807, 2.05) is 19.9 Å². The molecule has 0 aromatic carbocycles. The molecule has 0 aromatic rings. The maximum absolute atomic E-state index is 5.70. The summed E-state index contributed by atoms with van der Waals surface area (Å²) in [5.41, 5.74) is 0.651. The lowest BCUT2D eigenvalue weighted by atomic mass is 10.5. The van der Waals surface area contributed by atoms with Crippen LogP contribution >= 0.6 is 11.6 Å². The van der Waals surface area contributed by atoms with Crippen molar-refractivity contribution >= 4 is 19.9 Å². The Bertz CT molecular complexity index is 132. The molecule has 0 saturated carbocycles. The lowest BCUT2D eigenvalue weighted by molar-refractivity contribution is 0.422. The topological polar surface area (TPSA) is 9.23 Å². The average Bonchev–Trinajstić information content (AvgIpc) is 1.87. The molecule has 0 unspecified atom stereocenters. The van der Waals surface area contributed by atoms with Crippen LogP contribution in [0.3, 0.4) is 0 Å². The first kappa shape index (κ1) is 10.0. The van der Waals surface area contributed by atoms with Crippen LogP contribution in [0.15, 0.2) is 11.8 Å². The third-order valence-electron chi connectivity index (χ3n) is 1.17. The lowest BCUT2D eigenvalue weighted by Crippen LogP contribution is -2.32. The van der Waals surface area contributed by atoms with Crippen LogP contribution in [0.2, 0.25) is 13.1 Å². The van der Waals surface area contributed by atoms with Gasteiger partial charge in [0, 0.05) is 0 Å². The molecule has 0 fully saturated rings. The quantitative estimate of drug-likeness (QED) is 0.367. The average molecular weight is 179 g/mol. The van der Waals surface area contributed by atoms with Gasteiger partial charge < -0.3 is 4.43 Å². The molecule has 10 heavy (non-hydrogen) atoms. The molecular formula is C7H15ClOSi. The van der Waals surface area contributed by atoms with Crippen molar-refractivity contribution in [1.82, 2.24) is 0 Å². The maximum Gasteiger partial charge on any atom is 0.259 e. The van der Waals surface area contributed by atoms with Crippen LogP contribution in [-0.2, 0) is 4.43 Å². The molecule has 0 N–H and O–H groups in total. The smallest absolute Gasteiger partial charge is 0.259 e. The third kappa shape index (κ3) is 3.96. The summed E-state index contributed by atoms with van der Waals surface area (Å²) < 4.78 is 5.60. The molecule has 0 aromatic heterocycles. The van der Waals surface area contributed by atoms with E-state index in [-0.39, 0.29) is 0 Å². The van der Waals surface area contributed by atoms with Gasteiger partial charge in [-0.15, -0.1) is 11.6 Å². The molecule has 60 valence electrons. The fourth-order valence-electron chi connectivity index (χ4n) is 0.522. The molecular weight excluding hydrogens is 164 g/mol. The maximum atomic E-state index is 5.70. The number of halogens is 1. The van der Waals surface area contributed by atoms with Gasteiger partial charge in [-0.2, -0.15) is 0 Å². The second-order valence-electron chi connectivity index (χ2n) is 2.89. The van der Waals surface area contributed by atoms with Crippen LogP contribution in [0.1, 0.15) is 13.8 Å². The van der Waals surface area contributed by atoms with Gasteiger partial charge in [0.25, 0.3) is 8.32 Å². The SMILES string of the molecule is C/C=C(\C)O[Si](C)(C)CCl. The molecule has 3 heteroatoms. The second-order valence-corrected chi connectivity index (χ2v) is 7.69. The van der Waals surface area contributed by atoms with Crippen molar-refractivity contribution in [2.24, 2.45) is 0 Å². The van der Waals surface area contributed by atoms with Gasteiger partial charge in [-0.25, -0.2) is 0 Å². The summed E-state index contributed by atoms with van der Waals surface area (Å²) in [5, 5.41) is 0. The molecule has 0 amide bonds. The first-order valence-electron chi connectivity index (χ1n) is 3.40. The Balaban J connectivity index is 3.88. The van der Waals surface area contributed by atoms with Crippen molar-refractivity contribution < 1.29 is 4.43 Å². The first-order valence-corrected chi connectivity index (χ1v) is 7.04. The fourth-order valence-corrected chi connectivity index (χ4v) is 1.73. The normalized spacial score (nSPS) is 13.5. The van der Waals surface area contributed by atoms with Gasteiger partial charge in [0.2, 0.25) is 0 Å². The molecule has 0 rings (SSSR count). The van der Waals surface area contributed by atoms with E-state index >= 15 is 0 Å². The summed E-state index contributed by atoms with van der Waals surface area (Å²) in [6.07, 6.45) is 1.96. The van der Waals surface area contributed by atoms with Crippen LogP contribution < -0.4 is 0 Å². The van der Waals surface area contributed by atoms with Crippen LogP contribution in [-0.4, -0.2) is 13.8 Å². The van der Waals surface area contributed by atoms with E-state index in [1.165, 1.54) is 0 Å². The largest absolute Gasteiger partial charge is 0.546 e. The summed E-state index contributed by atoms with van der Waals surface area (Å²) in [5.74, 6) is 0.984. The molecule has 0 aliphatic rings. The highest BCUT2D eigenvalue weighted by Gasteiger charge is 2.22. The predicted octanol–water partition coefficient (Wildman–Crippen LogP) is 2.91. The summed E-state index contributed by atoms with van der Waals surface area (Å²) in [6, 6.07) is 0. The van der Waals surface area contributed by atoms with Crippen molar-refractivity contribution in [2.45, 2.75) is 26.9 Å². The van der Waals surface area contributed by atoms with Gasteiger partial charge in [0.15, 0.2) is 0 Å². The summed E-state index contributed by atoms with van der Waals surface area (Å²) in [6.45, 7) is 8.13. The molecule has 0 aliphatic carbocycles. The zero-order valence-corrected chi connectivity index (χ0v) is 8.83. The molecule has 0 atom stereocenters. The van der Waals surface area contributed by atoms with E-state index in [0.29, 0.717) is 5.50 Å². The highest BCUT2D eigenvalue weighted by molar-refractivity contribution is 6.77. The number of hydrogen-bond donors (Lipinski definition) is 0. The fraction of sp³-hybridized carbons (Fsp3) is 0.714.